The van der Waals surface area contributed by atoms with Crippen molar-refractivity contribution in [2.45, 2.75) is 34.8 Å². The smallest absolute Gasteiger partial charge is 0.243 e. The summed E-state index contributed by atoms with van der Waals surface area (Å²) < 4.78 is 31.7. The molecule has 3 rings (SSSR count). The molecule has 8 heteroatoms. The molecule has 1 aliphatic rings. The molecule has 0 aromatic heterocycles. The number of nitrogens with one attached hydrogen (secondary N) is 1. The van der Waals surface area contributed by atoms with Crippen molar-refractivity contribution in [3.63, 3.8) is 0 Å². The van der Waals surface area contributed by atoms with Crippen molar-refractivity contribution in [2.24, 2.45) is 0 Å². The third-order valence-electron chi connectivity index (χ3n) is 4.57. The summed E-state index contributed by atoms with van der Waals surface area (Å²) in [5, 5.41) is 2.54. The molecule has 0 unspecified atom stereocenters. The zero-order valence-corrected chi connectivity index (χ0v) is 17.6. The molecule has 1 N–H and O–H groups in total. The number of hydrogen-bond acceptors (Lipinski definition) is 5. The predicted molar refractivity (Wildman–Crippen MR) is 111 cm³/mol. The molecule has 0 spiro atoms. The molecule has 0 saturated carbocycles. The first kappa shape index (κ1) is 20.7. The van der Waals surface area contributed by atoms with Crippen molar-refractivity contribution < 1.29 is 17.9 Å². The van der Waals surface area contributed by atoms with Crippen LogP contribution in [0.1, 0.15) is 19.8 Å². The minimum absolute atomic E-state index is 0.143. The van der Waals surface area contributed by atoms with Gasteiger partial charge in [0.25, 0.3) is 0 Å². The van der Waals surface area contributed by atoms with Gasteiger partial charge in [0.1, 0.15) is 5.75 Å². The van der Waals surface area contributed by atoms with Crippen molar-refractivity contribution >= 4 is 33.4 Å². The number of methoxy groups -OCH3 is 1. The van der Waals surface area contributed by atoms with Crippen molar-refractivity contribution in [1.82, 2.24) is 4.31 Å². The Labute approximate surface area is 170 Å². The standard InChI is InChI=1S/C20H24N2O4S2/c1-15(27-18-9-7-17(26-2)8-10-18)20(23)21-16-5-11-19(12-6-16)28(24,25)22-13-3-4-14-22/h5-12,15H,3-4,13-14H2,1-2H3,(H,21,23)/t15-/m1/s1. The molecule has 1 atom stereocenters. The fourth-order valence-electron chi connectivity index (χ4n) is 2.94. The first-order chi connectivity index (χ1) is 13.4. The normalized spacial score (nSPS) is 15.9. The molecule has 1 fully saturated rings. The molecule has 1 amide bonds. The number of carbonyl (C=O) groups excluding carboxylic acids is 1. The van der Waals surface area contributed by atoms with Crippen LogP contribution in [0.2, 0.25) is 0 Å². The van der Waals surface area contributed by atoms with Gasteiger partial charge in [-0.15, -0.1) is 11.8 Å². The molecule has 6 nitrogen and oxygen atoms in total. The van der Waals surface area contributed by atoms with Gasteiger partial charge in [-0.25, -0.2) is 8.42 Å². The maximum Gasteiger partial charge on any atom is 0.243 e. The molecule has 1 saturated heterocycles. The van der Waals surface area contributed by atoms with Gasteiger partial charge in [0.15, 0.2) is 0 Å². The van der Waals surface area contributed by atoms with E-state index in [1.54, 1.807) is 31.4 Å². The fraction of sp³-hybridized carbons (Fsp3) is 0.350. The van der Waals surface area contributed by atoms with Crippen LogP contribution in [0.3, 0.4) is 0 Å². The van der Waals surface area contributed by atoms with Gasteiger partial charge >= 0.3 is 0 Å². The van der Waals surface area contributed by atoms with Crippen LogP contribution < -0.4 is 10.1 Å². The molecule has 150 valence electrons. The summed E-state index contributed by atoms with van der Waals surface area (Å²) in [4.78, 5) is 13.7. The Kier molecular flexibility index (Phi) is 6.64. The Bertz CT molecular complexity index is 906. The Morgan fingerprint density at radius 3 is 2.25 bits per heavy atom. The number of nitrogens with zero attached hydrogens (tertiary/aromatic N) is 1. The SMILES string of the molecule is COc1ccc(S[C@H](C)C(=O)Nc2ccc(S(=O)(=O)N3CCCC3)cc2)cc1. The van der Waals surface area contributed by atoms with Gasteiger partial charge in [0.05, 0.1) is 17.3 Å². The number of rotatable bonds is 7. The Hall–Kier alpha value is -2.03. The van der Waals surface area contributed by atoms with Gasteiger partial charge in [0, 0.05) is 23.7 Å². The first-order valence-electron chi connectivity index (χ1n) is 9.12. The predicted octanol–water partition coefficient (Wildman–Crippen LogP) is 3.60. The van der Waals surface area contributed by atoms with Crippen molar-refractivity contribution in [3.8, 4) is 5.75 Å². The highest BCUT2D eigenvalue weighted by Crippen LogP contribution is 2.27. The number of carbonyl (C=O) groups is 1. The molecule has 28 heavy (non-hydrogen) atoms. The van der Waals surface area contributed by atoms with E-state index in [2.05, 4.69) is 5.32 Å². The largest absolute Gasteiger partial charge is 0.497 e. The van der Waals surface area contributed by atoms with Crippen LogP contribution in [-0.2, 0) is 14.8 Å². The van der Waals surface area contributed by atoms with Gasteiger partial charge in [0.2, 0.25) is 15.9 Å². The van der Waals surface area contributed by atoms with Crippen LogP contribution >= 0.6 is 11.8 Å². The lowest BCUT2D eigenvalue weighted by Crippen LogP contribution is -2.27. The average Bonchev–Trinajstić information content (AvgIpc) is 3.25. The molecule has 2 aromatic carbocycles. The van der Waals surface area contributed by atoms with E-state index >= 15 is 0 Å². The van der Waals surface area contributed by atoms with Crippen LogP contribution in [0.4, 0.5) is 5.69 Å². The third kappa shape index (κ3) is 4.87. The minimum atomic E-state index is -3.44. The summed E-state index contributed by atoms with van der Waals surface area (Å²) in [6.07, 6.45) is 1.80. The fourth-order valence-corrected chi connectivity index (χ4v) is 5.33. The van der Waals surface area contributed by atoms with E-state index in [-0.39, 0.29) is 16.1 Å². The molecule has 1 aliphatic heterocycles. The number of sulfonamides is 1. The zero-order valence-electron chi connectivity index (χ0n) is 15.9. The summed E-state index contributed by atoms with van der Waals surface area (Å²) in [5.41, 5.74) is 0.576. The number of thioether (sulfide) groups is 1. The second kappa shape index (κ2) is 8.98. The maximum absolute atomic E-state index is 12.6. The number of benzene rings is 2. The lowest BCUT2D eigenvalue weighted by atomic mass is 10.3. The molecule has 0 bridgehead atoms. The van der Waals surface area contributed by atoms with Gasteiger partial charge in [-0.2, -0.15) is 4.31 Å². The van der Waals surface area contributed by atoms with E-state index in [4.69, 9.17) is 4.74 Å². The van der Waals surface area contributed by atoms with Gasteiger partial charge in [-0.05, 0) is 68.3 Å². The van der Waals surface area contributed by atoms with Crippen molar-refractivity contribution in [1.29, 1.82) is 0 Å². The molecular formula is C20H24N2O4S2. The molecule has 1 heterocycles. The molecule has 2 aromatic rings. The summed E-state index contributed by atoms with van der Waals surface area (Å²) >= 11 is 1.44. The summed E-state index contributed by atoms with van der Waals surface area (Å²) in [7, 11) is -1.83. The monoisotopic (exact) mass is 420 g/mol. The highest BCUT2D eigenvalue weighted by molar-refractivity contribution is 8.00. The maximum atomic E-state index is 12.6. The van der Waals surface area contributed by atoms with E-state index in [9.17, 15) is 13.2 Å². The van der Waals surface area contributed by atoms with Crippen LogP contribution in [0.5, 0.6) is 5.75 Å². The van der Waals surface area contributed by atoms with E-state index < -0.39 is 10.0 Å². The van der Waals surface area contributed by atoms with Crippen molar-refractivity contribution in [2.75, 3.05) is 25.5 Å². The van der Waals surface area contributed by atoms with E-state index in [0.29, 0.717) is 18.8 Å². The highest BCUT2D eigenvalue weighted by atomic mass is 32.2. The third-order valence-corrected chi connectivity index (χ3v) is 7.59. The van der Waals surface area contributed by atoms with Crippen LogP contribution in [0.25, 0.3) is 0 Å². The molecular weight excluding hydrogens is 396 g/mol. The van der Waals surface area contributed by atoms with Crippen molar-refractivity contribution in [3.05, 3.63) is 48.5 Å². The first-order valence-corrected chi connectivity index (χ1v) is 11.4. The van der Waals surface area contributed by atoms with Gasteiger partial charge in [-0.1, -0.05) is 0 Å². The number of hydrogen-bond donors (Lipinski definition) is 1. The van der Waals surface area contributed by atoms with Gasteiger partial charge < -0.3 is 10.1 Å². The van der Waals surface area contributed by atoms with Crippen LogP contribution in [0, 0.1) is 0 Å². The topological polar surface area (TPSA) is 75.7 Å². The Morgan fingerprint density at radius 2 is 1.68 bits per heavy atom. The Morgan fingerprint density at radius 1 is 1.07 bits per heavy atom. The minimum Gasteiger partial charge on any atom is -0.497 e. The van der Waals surface area contributed by atoms with E-state index in [0.717, 1.165) is 23.5 Å². The summed E-state index contributed by atoms with van der Waals surface area (Å²) in [6.45, 7) is 2.97. The zero-order chi connectivity index (χ0) is 20.1. The highest BCUT2D eigenvalue weighted by Gasteiger charge is 2.27. The molecule has 0 aliphatic carbocycles. The lowest BCUT2D eigenvalue weighted by Gasteiger charge is -2.16. The lowest BCUT2D eigenvalue weighted by molar-refractivity contribution is -0.115. The van der Waals surface area contributed by atoms with Crippen LogP contribution in [-0.4, -0.2) is 44.1 Å². The Balaban J connectivity index is 1.60. The second-order valence-corrected chi connectivity index (χ2v) is 9.91. The molecule has 0 radical (unpaired) electrons. The number of ether oxygens (including phenoxy) is 1. The van der Waals surface area contributed by atoms with Crippen LogP contribution in [0.15, 0.2) is 58.3 Å². The number of amides is 1. The average molecular weight is 421 g/mol. The summed E-state index contributed by atoms with van der Waals surface area (Å²) in [6, 6.07) is 13.9. The van der Waals surface area contributed by atoms with Gasteiger partial charge in [-0.3, -0.25) is 4.79 Å². The number of anilines is 1. The summed E-state index contributed by atoms with van der Waals surface area (Å²) in [5.74, 6) is 0.626. The van der Waals surface area contributed by atoms with E-state index in [1.807, 2.05) is 31.2 Å². The quantitative estimate of drug-likeness (QED) is 0.693. The van der Waals surface area contributed by atoms with E-state index in [1.165, 1.54) is 16.1 Å². The second-order valence-electron chi connectivity index (χ2n) is 6.56.